The first-order valence-corrected chi connectivity index (χ1v) is 12.8. The summed E-state index contributed by atoms with van der Waals surface area (Å²) in [6.07, 6.45) is 3.75. The van der Waals surface area contributed by atoms with Crippen molar-refractivity contribution < 1.29 is 14.2 Å². The molecular weight excluding hydrogens is 392 g/mol. The fourth-order valence-corrected chi connectivity index (χ4v) is 5.01. The van der Waals surface area contributed by atoms with Gasteiger partial charge in [0.2, 0.25) is 0 Å². The van der Waals surface area contributed by atoms with Crippen LogP contribution in [-0.4, -0.2) is 136 Å². The molecule has 7 nitrogen and oxygen atoms in total. The van der Waals surface area contributed by atoms with Gasteiger partial charge in [0.15, 0.2) is 0 Å². The van der Waals surface area contributed by atoms with E-state index in [9.17, 15) is 0 Å². The number of morpholine rings is 3. The lowest BCUT2D eigenvalue weighted by atomic mass is 10.1. The number of nitrogens with zero attached hydrogens (tertiary/aromatic N) is 4. The largest absolute Gasteiger partial charge is 0.376 e. The van der Waals surface area contributed by atoms with E-state index in [0.717, 1.165) is 105 Å². The fraction of sp³-hybridized carbons (Fsp3) is 1.00. The summed E-state index contributed by atoms with van der Waals surface area (Å²) in [4.78, 5) is 10.5. The lowest BCUT2D eigenvalue weighted by molar-refractivity contribution is -0.0883. The lowest BCUT2D eigenvalue weighted by Crippen LogP contribution is -2.51. The van der Waals surface area contributed by atoms with Gasteiger partial charge >= 0.3 is 0 Å². The standard InChI is InChI=1S/C24H48N4O3/c1-5-23-19-28(20-24(6-2)31-23)12-9-25(7-10-26-13-15-29-21(3)17-26)8-11-27-14-16-30-22(4)18-27/h21-24H,5-20H2,1-4H3. The summed E-state index contributed by atoms with van der Waals surface area (Å²) in [5.41, 5.74) is 0. The van der Waals surface area contributed by atoms with E-state index in [1.165, 1.54) is 0 Å². The van der Waals surface area contributed by atoms with Crippen LogP contribution in [0.15, 0.2) is 0 Å². The highest BCUT2D eigenvalue weighted by atomic mass is 16.5. The molecule has 0 aliphatic carbocycles. The summed E-state index contributed by atoms with van der Waals surface area (Å²) in [5.74, 6) is 0. The lowest BCUT2D eigenvalue weighted by Gasteiger charge is -2.39. The zero-order valence-electron chi connectivity index (χ0n) is 20.6. The molecule has 3 aliphatic heterocycles. The average molecular weight is 441 g/mol. The van der Waals surface area contributed by atoms with Crippen molar-refractivity contribution in [2.24, 2.45) is 0 Å². The molecule has 7 heteroatoms. The number of ether oxygens (including phenoxy) is 3. The zero-order valence-corrected chi connectivity index (χ0v) is 20.6. The van der Waals surface area contributed by atoms with E-state index < -0.39 is 0 Å². The van der Waals surface area contributed by atoms with Crippen molar-refractivity contribution in [1.82, 2.24) is 19.6 Å². The molecular formula is C24H48N4O3. The van der Waals surface area contributed by atoms with Gasteiger partial charge < -0.3 is 14.2 Å². The maximum Gasteiger partial charge on any atom is 0.0703 e. The predicted molar refractivity (Wildman–Crippen MR) is 126 cm³/mol. The molecule has 0 spiro atoms. The second kappa shape index (κ2) is 13.4. The van der Waals surface area contributed by atoms with Crippen LogP contribution in [0.25, 0.3) is 0 Å². The maximum atomic E-state index is 6.20. The van der Waals surface area contributed by atoms with Crippen molar-refractivity contribution >= 4 is 0 Å². The van der Waals surface area contributed by atoms with Crippen LogP contribution in [0.2, 0.25) is 0 Å². The molecule has 4 unspecified atom stereocenters. The van der Waals surface area contributed by atoms with Crippen LogP contribution in [0.1, 0.15) is 40.5 Å². The highest BCUT2D eigenvalue weighted by Crippen LogP contribution is 2.16. The summed E-state index contributed by atoms with van der Waals surface area (Å²) < 4.78 is 17.7. The summed E-state index contributed by atoms with van der Waals surface area (Å²) >= 11 is 0. The molecule has 182 valence electrons. The average Bonchev–Trinajstić information content (AvgIpc) is 2.78. The summed E-state index contributed by atoms with van der Waals surface area (Å²) in [6.45, 7) is 23.9. The van der Waals surface area contributed by atoms with Crippen molar-refractivity contribution in [2.75, 3.05) is 91.8 Å². The normalized spacial score (nSPS) is 32.0. The molecule has 0 aromatic rings. The third kappa shape index (κ3) is 8.88. The first kappa shape index (κ1) is 25.3. The molecule has 3 heterocycles. The molecule has 0 amide bonds. The number of rotatable bonds is 11. The smallest absolute Gasteiger partial charge is 0.0703 e. The zero-order chi connectivity index (χ0) is 22.1. The molecule has 3 aliphatic rings. The van der Waals surface area contributed by atoms with Crippen molar-refractivity contribution in [3.8, 4) is 0 Å². The summed E-state index contributed by atoms with van der Waals surface area (Å²) in [5, 5.41) is 0. The van der Waals surface area contributed by atoms with Gasteiger partial charge in [0.25, 0.3) is 0 Å². The van der Waals surface area contributed by atoms with Crippen LogP contribution in [0.4, 0.5) is 0 Å². The predicted octanol–water partition coefficient (Wildman–Crippen LogP) is 1.62. The van der Waals surface area contributed by atoms with Gasteiger partial charge in [-0.05, 0) is 26.7 Å². The van der Waals surface area contributed by atoms with Crippen LogP contribution in [0.3, 0.4) is 0 Å². The molecule has 3 rings (SSSR count). The van der Waals surface area contributed by atoms with Crippen LogP contribution in [-0.2, 0) is 14.2 Å². The SMILES string of the molecule is CCC1CN(CCN(CCN2CCOC(C)C2)CCN2CCOC(C)C2)CC(CC)O1. The molecule has 0 radical (unpaired) electrons. The first-order valence-electron chi connectivity index (χ1n) is 12.8. The molecule has 3 fully saturated rings. The Morgan fingerprint density at radius 2 is 1.13 bits per heavy atom. The van der Waals surface area contributed by atoms with Gasteiger partial charge in [-0.2, -0.15) is 0 Å². The van der Waals surface area contributed by atoms with Gasteiger partial charge in [-0.15, -0.1) is 0 Å². The van der Waals surface area contributed by atoms with Gasteiger partial charge in [-0.3, -0.25) is 19.6 Å². The second-order valence-corrected chi connectivity index (χ2v) is 9.76. The van der Waals surface area contributed by atoms with Crippen LogP contribution in [0, 0.1) is 0 Å². The van der Waals surface area contributed by atoms with Crippen molar-refractivity contribution in [1.29, 1.82) is 0 Å². The summed E-state index contributed by atoms with van der Waals surface area (Å²) in [6, 6.07) is 0. The summed E-state index contributed by atoms with van der Waals surface area (Å²) in [7, 11) is 0. The number of hydrogen-bond donors (Lipinski definition) is 0. The third-order valence-corrected chi connectivity index (χ3v) is 7.07. The fourth-order valence-electron chi connectivity index (χ4n) is 5.01. The van der Waals surface area contributed by atoms with Crippen LogP contribution >= 0.6 is 0 Å². The van der Waals surface area contributed by atoms with Crippen molar-refractivity contribution in [3.63, 3.8) is 0 Å². The van der Waals surface area contributed by atoms with Gasteiger partial charge in [0.1, 0.15) is 0 Å². The molecule has 0 aromatic carbocycles. The molecule has 4 atom stereocenters. The molecule has 0 bridgehead atoms. The van der Waals surface area contributed by atoms with E-state index in [2.05, 4.69) is 47.3 Å². The van der Waals surface area contributed by atoms with E-state index in [-0.39, 0.29) is 0 Å². The molecule has 0 aromatic heterocycles. The number of hydrogen-bond acceptors (Lipinski definition) is 7. The molecule has 3 saturated heterocycles. The second-order valence-electron chi connectivity index (χ2n) is 9.76. The highest BCUT2D eigenvalue weighted by molar-refractivity contribution is 4.79. The Kier molecular flexibility index (Phi) is 11.0. The Bertz CT molecular complexity index is 459. The Morgan fingerprint density at radius 1 is 0.677 bits per heavy atom. The van der Waals surface area contributed by atoms with Gasteiger partial charge in [0.05, 0.1) is 37.6 Å². The van der Waals surface area contributed by atoms with Crippen LogP contribution < -0.4 is 0 Å². The van der Waals surface area contributed by atoms with E-state index in [4.69, 9.17) is 14.2 Å². The van der Waals surface area contributed by atoms with E-state index >= 15 is 0 Å². The van der Waals surface area contributed by atoms with Gasteiger partial charge in [0, 0.05) is 78.5 Å². The molecule has 0 N–H and O–H groups in total. The highest BCUT2D eigenvalue weighted by Gasteiger charge is 2.26. The van der Waals surface area contributed by atoms with E-state index in [1.807, 2.05) is 0 Å². The van der Waals surface area contributed by atoms with Gasteiger partial charge in [-0.1, -0.05) is 13.8 Å². The van der Waals surface area contributed by atoms with Gasteiger partial charge in [-0.25, -0.2) is 0 Å². The minimum absolute atomic E-state index is 0.363. The topological polar surface area (TPSA) is 40.7 Å². The first-order chi connectivity index (χ1) is 15.1. The Balaban J connectivity index is 1.48. The van der Waals surface area contributed by atoms with Crippen molar-refractivity contribution in [2.45, 2.75) is 65.0 Å². The quantitative estimate of drug-likeness (QED) is 0.484. The minimum atomic E-state index is 0.363. The third-order valence-electron chi connectivity index (χ3n) is 7.07. The monoisotopic (exact) mass is 440 g/mol. The van der Waals surface area contributed by atoms with E-state index in [1.54, 1.807) is 0 Å². The Hall–Kier alpha value is -0.280. The molecule has 0 saturated carbocycles. The Labute approximate surface area is 190 Å². The van der Waals surface area contributed by atoms with Crippen molar-refractivity contribution in [3.05, 3.63) is 0 Å². The Morgan fingerprint density at radius 3 is 1.55 bits per heavy atom. The van der Waals surface area contributed by atoms with E-state index in [0.29, 0.717) is 24.4 Å². The maximum absolute atomic E-state index is 6.20. The molecule has 31 heavy (non-hydrogen) atoms. The van der Waals surface area contributed by atoms with Crippen LogP contribution in [0.5, 0.6) is 0 Å². The minimum Gasteiger partial charge on any atom is -0.376 e.